The number of rotatable bonds is 4. The number of aliphatic hydroxyl groups is 1. The monoisotopic (exact) mass is 360 g/mol. The Morgan fingerprint density at radius 1 is 1.09 bits per heavy atom. The molecule has 1 heterocycles. The number of halogens is 1. The van der Waals surface area contributed by atoms with Crippen LogP contribution in [0.3, 0.4) is 0 Å². The molecule has 2 N–H and O–H groups in total. The average Bonchev–Trinajstić information content (AvgIpc) is 2.75. The maximum Gasteiger partial charge on any atom is 0.277 e. The summed E-state index contributed by atoms with van der Waals surface area (Å²) >= 11 is 3.42. The van der Waals surface area contributed by atoms with Crippen molar-refractivity contribution in [3.05, 3.63) is 52.6 Å². The molecule has 1 aliphatic rings. The molecule has 5 nitrogen and oxygen atoms in total. The normalized spacial score (nSPS) is 14.6. The van der Waals surface area contributed by atoms with Gasteiger partial charge in [-0.15, -0.1) is 0 Å². The van der Waals surface area contributed by atoms with Crippen LogP contribution in [0.4, 0.5) is 5.69 Å². The quantitative estimate of drug-likeness (QED) is 0.820. The van der Waals surface area contributed by atoms with Crippen molar-refractivity contribution in [3.63, 3.8) is 0 Å². The zero-order chi connectivity index (χ0) is 15.7. The predicted octanol–water partition coefficient (Wildman–Crippen LogP) is 2.26. The number of amides is 2. The van der Waals surface area contributed by atoms with E-state index in [0.29, 0.717) is 0 Å². The van der Waals surface area contributed by atoms with Crippen LogP contribution in [0.2, 0.25) is 0 Å². The summed E-state index contributed by atoms with van der Waals surface area (Å²) in [5.41, 5.74) is 0.947. The van der Waals surface area contributed by atoms with Crippen molar-refractivity contribution in [3.8, 4) is 0 Å². The van der Waals surface area contributed by atoms with E-state index in [2.05, 4.69) is 21.2 Å². The topological polar surface area (TPSA) is 69.6 Å². The highest BCUT2D eigenvalue weighted by Crippen LogP contribution is 2.24. The van der Waals surface area contributed by atoms with Crippen molar-refractivity contribution >= 4 is 44.2 Å². The lowest BCUT2D eigenvalue weighted by molar-refractivity contribution is -0.137. The van der Waals surface area contributed by atoms with E-state index in [9.17, 15) is 9.59 Å². The SMILES string of the molecule is O=C1C=C(Nc2ccc3cc(Br)ccc3c2)C(=O)N1CCO. The number of nitrogens with one attached hydrogen (secondary N) is 1. The Morgan fingerprint density at radius 2 is 1.82 bits per heavy atom. The van der Waals surface area contributed by atoms with Crippen molar-refractivity contribution in [1.82, 2.24) is 4.90 Å². The minimum atomic E-state index is -0.421. The van der Waals surface area contributed by atoms with Gasteiger partial charge in [-0.2, -0.15) is 0 Å². The summed E-state index contributed by atoms with van der Waals surface area (Å²) in [6.45, 7) is -0.242. The maximum absolute atomic E-state index is 12.1. The number of hydrogen-bond acceptors (Lipinski definition) is 4. The van der Waals surface area contributed by atoms with Gasteiger partial charge in [-0.3, -0.25) is 14.5 Å². The molecule has 0 unspecified atom stereocenters. The fraction of sp³-hybridized carbons (Fsp3) is 0.125. The number of aliphatic hydroxyl groups excluding tert-OH is 1. The molecule has 0 bridgehead atoms. The van der Waals surface area contributed by atoms with Gasteiger partial charge in [-0.05, 0) is 35.0 Å². The largest absolute Gasteiger partial charge is 0.395 e. The lowest BCUT2D eigenvalue weighted by atomic mass is 10.1. The van der Waals surface area contributed by atoms with Crippen LogP contribution >= 0.6 is 15.9 Å². The fourth-order valence-corrected chi connectivity index (χ4v) is 2.74. The second kappa shape index (κ2) is 5.90. The van der Waals surface area contributed by atoms with E-state index < -0.39 is 11.8 Å². The predicted molar refractivity (Wildman–Crippen MR) is 87.2 cm³/mol. The molecule has 22 heavy (non-hydrogen) atoms. The lowest BCUT2D eigenvalue weighted by Gasteiger charge is -2.13. The van der Waals surface area contributed by atoms with E-state index in [4.69, 9.17) is 5.11 Å². The van der Waals surface area contributed by atoms with Gasteiger partial charge < -0.3 is 10.4 Å². The van der Waals surface area contributed by atoms with Gasteiger partial charge in [0.15, 0.2) is 0 Å². The number of nitrogens with zero attached hydrogens (tertiary/aromatic N) is 1. The molecule has 112 valence electrons. The molecule has 0 saturated carbocycles. The zero-order valence-corrected chi connectivity index (χ0v) is 13.1. The summed E-state index contributed by atoms with van der Waals surface area (Å²) in [7, 11) is 0. The molecular weight excluding hydrogens is 348 g/mol. The van der Waals surface area contributed by atoms with E-state index in [1.165, 1.54) is 6.08 Å². The van der Waals surface area contributed by atoms with Crippen LogP contribution < -0.4 is 5.32 Å². The highest BCUT2D eigenvalue weighted by molar-refractivity contribution is 9.10. The van der Waals surface area contributed by atoms with E-state index in [-0.39, 0.29) is 18.8 Å². The molecule has 1 aliphatic heterocycles. The Bertz CT molecular complexity index is 801. The summed E-state index contributed by atoms with van der Waals surface area (Å²) in [6.07, 6.45) is 1.25. The van der Waals surface area contributed by atoms with Crippen molar-refractivity contribution < 1.29 is 14.7 Å². The molecule has 2 aromatic carbocycles. The van der Waals surface area contributed by atoms with Crippen molar-refractivity contribution in [2.24, 2.45) is 0 Å². The highest BCUT2D eigenvalue weighted by atomic mass is 79.9. The third kappa shape index (κ3) is 2.75. The van der Waals surface area contributed by atoms with Gasteiger partial charge in [0, 0.05) is 16.2 Å². The minimum absolute atomic E-state index is 0.00505. The van der Waals surface area contributed by atoms with Crippen molar-refractivity contribution in [2.75, 3.05) is 18.5 Å². The van der Waals surface area contributed by atoms with E-state index in [1.54, 1.807) is 0 Å². The first-order chi connectivity index (χ1) is 10.6. The van der Waals surface area contributed by atoms with Gasteiger partial charge in [-0.25, -0.2) is 0 Å². The van der Waals surface area contributed by atoms with Crippen LogP contribution in [-0.4, -0.2) is 35.0 Å². The molecule has 6 heteroatoms. The Kier molecular flexibility index (Phi) is 3.96. The number of hydrogen-bond donors (Lipinski definition) is 2. The molecule has 2 aromatic rings. The number of carbonyl (C=O) groups is 2. The van der Waals surface area contributed by atoms with Gasteiger partial charge >= 0.3 is 0 Å². The first-order valence-corrected chi connectivity index (χ1v) is 7.52. The smallest absolute Gasteiger partial charge is 0.277 e. The number of fused-ring (bicyclic) bond motifs is 1. The Labute approximate surface area is 135 Å². The zero-order valence-electron chi connectivity index (χ0n) is 11.5. The molecule has 0 atom stereocenters. The first kappa shape index (κ1) is 14.7. The summed E-state index contributed by atoms with van der Waals surface area (Å²) < 4.78 is 1.000. The lowest BCUT2D eigenvalue weighted by Crippen LogP contribution is -2.34. The van der Waals surface area contributed by atoms with Gasteiger partial charge in [0.25, 0.3) is 11.8 Å². The number of carbonyl (C=O) groups excluding carboxylic acids is 2. The fourth-order valence-electron chi connectivity index (χ4n) is 2.36. The standard InChI is InChI=1S/C16H13BrN2O3/c17-12-3-1-11-8-13(4-2-10(11)7-12)18-14-9-15(21)19(5-6-20)16(14)22/h1-4,7-9,18,20H,5-6H2. The molecule has 3 rings (SSSR count). The Morgan fingerprint density at radius 3 is 2.59 bits per heavy atom. The number of β-amino-alcohol motifs (C(OH)–C–C–N with tert-alkyl or cyclic N) is 1. The number of imide groups is 1. The second-order valence-electron chi connectivity index (χ2n) is 4.91. The van der Waals surface area contributed by atoms with E-state index in [0.717, 1.165) is 25.8 Å². The Hall–Kier alpha value is -2.18. The van der Waals surface area contributed by atoms with Crippen molar-refractivity contribution in [1.29, 1.82) is 0 Å². The molecule has 0 spiro atoms. The maximum atomic E-state index is 12.1. The van der Waals surface area contributed by atoms with Gasteiger partial charge in [0.2, 0.25) is 0 Å². The van der Waals surface area contributed by atoms with Gasteiger partial charge in [0.1, 0.15) is 5.70 Å². The van der Waals surface area contributed by atoms with Crippen LogP contribution in [0.25, 0.3) is 10.8 Å². The molecule has 0 radical (unpaired) electrons. The molecule has 2 amide bonds. The van der Waals surface area contributed by atoms with Gasteiger partial charge in [0.05, 0.1) is 13.2 Å². The van der Waals surface area contributed by atoms with E-state index >= 15 is 0 Å². The molecule has 0 aliphatic carbocycles. The number of benzene rings is 2. The van der Waals surface area contributed by atoms with Crippen LogP contribution in [0.15, 0.2) is 52.6 Å². The van der Waals surface area contributed by atoms with Crippen molar-refractivity contribution in [2.45, 2.75) is 0 Å². The van der Waals surface area contributed by atoms with Crippen LogP contribution in [0, 0.1) is 0 Å². The first-order valence-electron chi connectivity index (χ1n) is 6.73. The third-order valence-corrected chi connectivity index (χ3v) is 3.91. The van der Waals surface area contributed by atoms with E-state index in [1.807, 2.05) is 36.4 Å². The summed E-state index contributed by atoms with van der Waals surface area (Å²) in [5, 5.41) is 14.0. The summed E-state index contributed by atoms with van der Waals surface area (Å²) in [4.78, 5) is 24.8. The molecule has 0 aromatic heterocycles. The summed E-state index contributed by atoms with van der Waals surface area (Å²) in [5.74, 6) is -0.832. The van der Waals surface area contributed by atoms with Crippen LogP contribution in [0.5, 0.6) is 0 Å². The van der Waals surface area contributed by atoms with Crippen LogP contribution in [0.1, 0.15) is 0 Å². The Balaban J connectivity index is 1.84. The molecular formula is C16H13BrN2O3. The molecule has 0 saturated heterocycles. The second-order valence-corrected chi connectivity index (χ2v) is 5.82. The highest BCUT2D eigenvalue weighted by Gasteiger charge is 2.30. The third-order valence-electron chi connectivity index (χ3n) is 3.41. The minimum Gasteiger partial charge on any atom is -0.395 e. The van der Waals surface area contributed by atoms with Gasteiger partial charge in [-0.1, -0.05) is 28.1 Å². The average molecular weight is 361 g/mol. The summed E-state index contributed by atoms with van der Waals surface area (Å²) in [6, 6.07) is 11.6. The number of anilines is 1. The van der Waals surface area contributed by atoms with Crippen LogP contribution in [-0.2, 0) is 9.59 Å². The molecule has 0 fully saturated rings.